The summed E-state index contributed by atoms with van der Waals surface area (Å²) in [6.45, 7) is 8.29. The van der Waals surface area contributed by atoms with Gasteiger partial charge in [-0.25, -0.2) is 0 Å². The molecule has 0 aromatic rings. The van der Waals surface area contributed by atoms with Gasteiger partial charge in [0.2, 0.25) is 0 Å². The van der Waals surface area contributed by atoms with Crippen LogP contribution in [0.4, 0.5) is 0 Å². The van der Waals surface area contributed by atoms with Crippen molar-refractivity contribution in [3.05, 3.63) is 0 Å². The SMILES string of the molecule is CC(=O)CO[C@H]1CCN(C(C)C)C1. The predicted molar refractivity (Wildman–Crippen MR) is 51.7 cm³/mol. The van der Waals surface area contributed by atoms with Crippen molar-refractivity contribution in [2.75, 3.05) is 19.7 Å². The highest BCUT2D eigenvalue weighted by atomic mass is 16.5. The number of rotatable bonds is 4. The summed E-state index contributed by atoms with van der Waals surface area (Å²) >= 11 is 0. The average Bonchev–Trinajstić information content (AvgIpc) is 2.48. The van der Waals surface area contributed by atoms with E-state index in [0.717, 1.165) is 19.5 Å². The third kappa shape index (κ3) is 3.44. The van der Waals surface area contributed by atoms with Crippen LogP contribution >= 0.6 is 0 Å². The summed E-state index contributed by atoms with van der Waals surface area (Å²) in [5.74, 6) is 0.114. The van der Waals surface area contributed by atoms with Crippen molar-refractivity contribution in [1.82, 2.24) is 4.90 Å². The van der Waals surface area contributed by atoms with Gasteiger partial charge in [-0.2, -0.15) is 0 Å². The molecule has 1 heterocycles. The molecule has 1 fully saturated rings. The fourth-order valence-corrected chi connectivity index (χ4v) is 1.59. The number of hydrogen-bond acceptors (Lipinski definition) is 3. The molecule has 1 aliphatic rings. The minimum atomic E-state index is 0.114. The number of ketones is 1. The van der Waals surface area contributed by atoms with E-state index in [1.54, 1.807) is 6.92 Å². The molecule has 0 amide bonds. The lowest BCUT2D eigenvalue weighted by Crippen LogP contribution is -2.30. The van der Waals surface area contributed by atoms with Crippen LogP contribution in [0, 0.1) is 0 Å². The van der Waals surface area contributed by atoms with Gasteiger partial charge in [0.15, 0.2) is 5.78 Å². The zero-order chi connectivity index (χ0) is 9.84. The van der Waals surface area contributed by atoms with Crippen molar-refractivity contribution in [1.29, 1.82) is 0 Å². The lowest BCUT2D eigenvalue weighted by atomic mass is 10.3. The first-order valence-electron chi connectivity index (χ1n) is 4.94. The number of hydrogen-bond donors (Lipinski definition) is 0. The fourth-order valence-electron chi connectivity index (χ4n) is 1.59. The minimum absolute atomic E-state index is 0.114. The standard InChI is InChI=1S/C10H19NO2/c1-8(2)11-5-4-10(6-11)13-7-9(3)12/h8,10H,4-7H2,1-3H3/t10-/m0/s1. The summed E-state index contributed by atoms with van der Waals surface area (Å²) < 4.78 is 5.45. The molecule has 0 aromatic heterocycles. The quantitative estimate of drug-likeness (QED) is 0.656. The molecule has 3 heteroatoms. The summed E-state index contributed by atoms with van der Waals surface area (Å²) in [7, 11) is 0. The molecule has 0 N–H and O–H groups in total. The van der Waals surface area contributed by atoms with Crippen LogP contribution in [0.5, 0.6) is 0 Å². The molecule has 0 radical (unpaired) electrons. The first-order valence-corrected chi connectivity index (χ1v) is 4.94. The number of carbonyl (C=O) groups excluding carboxylic acids is 1. The first-order chi connectivity index (χ1) is 6.09. The number of carbonyl (C=O) groups is 1. The van der Waals surface area contributed by atoms with Gasteiger partial charge in [-0.05, 0) is 27.2 Å². The molecule has 0 unspecified atom stereocenters. The molecule has 0 aromatic carbocycles. The van der Waals surface area contributed by atoms with Crippen LogP contribution in [-0.4, -0.2) is 42.5 Å². The van der Waals surface area contributed by atoms with Crippen LogP contribution in [0.25, 0.3) is 0 Å². The van der Waals surface area contributed by atoms with Gasteiger partial charge in [-0.3, -0.25) is 9.69 Å². The number of nitrogens with zero attached hydrogens (tertiary/aromatic N) is 1. The predicted octanol–water partition coefficient (Wildman–Crippen LogP) is 1.07. The number of likely N-dealkylation sites (tertiary alicyclic amines) is 1. The smallest absolute Gasteiger partial charge is 0.155 e. The maximum Gasteiger partial charge on any atom is 0.155 e. The van der Waals surface area contributed by atoms with Gasteiger partial charge >= 0.3 is 0 Å². The Balaban J connectivity index is 2.21. The third-order valence-electron chi connectivity index (χ3n) is 2.43. The zero-order valence-electron chi connectivity index (χ0n) is 8.75. The van der Waals surface area contributed by atoms with Gasteiger partial charge in [-0.1, -0.05) is 0 Å². The second kappa shape index (κ2) is 4.72. The van der Waals surface area contributed by atoms with Crippen molar-refractivity contribution < 1.29 is 9.53 Å². The van der Waals surface area contributed by atoms with Crippen molar-refractivity contribution in [2.24, 2.45) is 0 Å². The van der Waals surface area contributed by atoms with Gasteiger partial charge in [0, 0.05) is 19.1 Å². The lowest BCUT2D eigenvalue weighted by Gasteiger charge is -2.19. The van der Waals surface area contributed by atoms with E-state index in [1.807, 2.05) is 0 Å². The molecule has 1 saturated heterocycles. The summed E-state index contributed by atoms with van der Waals surface area (Å²) in [5, 5.41) is 0. The molecule has 1 rings (SSSR count). The molecule has 3 nitrogen and oxygen atoms in total. The minimum Gasteiger partial charge on any atom is -0.369 e. The van der Waals surface area contributed by atoms with Gasteiger partial charge < -0.3 is 4.74 Å². The second-order valence-corrected chi connectivity index (χ2v) is 4.01. The zero-order valence-corrected chi connectivity index (χ0v) is 8.75. The maximum atomic E-state index is 10.7. The number of ether oxygens (including phenoxy) is 1. The summed E-state index contributed by atoms with van der Waals surface area (Å²) in [6, 6.07) is 0.589. The number of Topliss-reactive ketones (excluding diaryl/α,β-unsaturated/α-hetero) is 1. The van der Waals surface area contributed by atoms with Crippen LogP contribution in [0.2, 0.25) is 0 Å². The van der Waals surface area contributed by atoms with E-state index in [1.165, 1.54) is 0 Å². The Bertz CT molecular complexity index is 180. The third-order valence-corrected chi connectivity index (χ3v) is 2.43. The van der Waals surface area contributed by atoms with Gasteiger partial charge in [0.25, 0.3) is 0 Å². The molecule has 1 aliphatic heterocycles. The fraction of sp³-hybridized carbons (Fsp3) is 0.900. The topological polar surface area (TPSA) is 29.5 Å². The Labute approximate surface area is 80.1 Å². The van der Waals surface area contributed by atoms with Crippen molar-refractivity contribution in [2.45, 2.75) is 39.3 Å². The Morgan fingerprint density at radius 2 is 2.31 bits per heavy atom. The van der Waals surface area contributed by atoms with Crippen LogP contribution in [0.15, 0.2) is 0 Å². The summed E-state index contributed by atoms with van der Waals surface area (Å²) in [5.41, 5.74) is 0. The van der Waals surface area contributed by atoms with Crippen molar-refractivity contribution >= 4 is 5.78 Å². The van der Waals surface area contributed by atoms with Crippen LogP contribution in [0.1, 0.15) is 27.2 Å². The Morgan fingerprint density at radius 3 is 2.77 bits per heavy atom. The summed E-state index contributed by atoms with van der Waals surface area (Å²) in [4.78, 5) is 13.1. The van der Waals surface area contributed by atoms with Gasteiger partial charge in [0.05, 0.1) is 6.10 Å². The van der Waals surface area contributed by atoms with Crippen LogP contribution < -0.4 is 0 Å². The van der Waals surface area contributed by atoms with E-state index in [-0.39, 0.29) is 18.5 Å². The molecule has 76 valence electrons. The maximum absolute atomic E-state index is 10.7. The highest BCUT2D eigenvalue weighted by Crippen LogP contribution is 2.14. The highest BCUT2D eigenvalue weighted by molar-refractivity contribution is 5.76. The van der Waals surface area contributed by atoms with Crippen molar-refractivity contribution in [3.8, 4) is 0 Å². The van der Waals surface area contributed by atoms with E-state index in [9.17, 15) is 4.79 Å². The largest absolute Gasteiger partial charge is 0.369 e. The van der Waals surface area contributed by atoms with Crippen LogP contribution in [0.3, 0.4) is 0 Å². The molecule has 0 saturated carbocycles. The van der Waals surface area contributed by atoms with Crippen molar-refractivity contribution in [3.63, 3.8) is 0 Å². The van der Waals surface area contributed by atoms with E-state index in [4.69, 9.17) is 4.74 Å². The molecule has 0 spiro atoms. The van der Waals surface area contributed by atoms with Gasteiger partial charge in [-0.15, -0.1) is 0 Å². The van der Waals surface area contributed by atoms with E-state index in [0.29, 0.717) is 6.04 Å². The second-order valence-electron chi connectivity index (χ2n) is 4.01. The van der Waals surface area contributed by atoms with Crippen LogP contribution in [-0.2, 0) is 9.53 Å². The van der Waals surface area contributed by atoms with E-state index in [2.05, 4.69) is 18.7 Å². The Kier molecular flexibility index (Phi) is 3.88. The molecule has 0 bridgehead atoms. The highest BCUT2D eigenvalue weighted by Gasteiger charge is 2.24. The van der Waals surface area contributed by atoms with E-state index < -0.39 is 0 Å². The van der Waals surface area contributed by atoms with Gasteiger partial charge in [0.1, 0.15) is 6.61 Å². The summed E-state index contributed by atoms with van der Waals surface area (Å²) in [6.07, 6.45) is 1.33. The lowest BCUT2D eigenvalue weighted by molar-refractivity contribution is -0.123. The molecular weight excluding hydrogens is 166 g/mol. The molecule has 13 heavy (non-hydrogen) atoms. The Morgan fingerprint density at radius 1 is 1.62 bits per heavy atom. The monoisotopic (exact) mass is 185 g/mol. The molecule has 1 atom stereocenters. The first kappa shape index (κ1) is 10.7. The molecule has 0 aliphatic carbocycles. The Hall–Kier alpha value is -0.410. The normalized spacial score (nSPS) is 24.2. The average molecular weight is 185 g/mol. The molecular formula is C10H19NO2. The van der Waals surface area contributed by atoms with E-state index >= 15 is 0 Å².